The summed E-state index contributed by atoms with van der Waals surface area (Å²) in [5.41, 5.74) is 8.89. The third kappa shape index (κ3) is 2.00. The number of nitrogens with zero attached hydrogens (tertiary/aromatic N) is 1. The first-order valence-electron chi connectivity index (χ1n) is 5.33. The number of nitrogens with two attached hydrogens (primary N) is 1. The summed E-state index contributed by atoms with van der Waals surface area (Å²) in [5, 5.41) is 9.87. The monoisotopic (exact) mass is 216 g/mol. The predicted octanol–water partition coefficient (Wildman–Crippen LogP) is 2.86. The first kappa shape index (κ1) is 10.5. The molecule has 2 aromatic rings. The second-order valence-electron chi connectivity index (χ2n) is 4.06. The fourth-order valence-corrected chi connectivity index (χ4v) is 1.66. The normalized spacial score (nSPS) is 10.7. The van der Waals surface area contributed by atoms with Crippen molar-refractivity contribution in [1.82, 2.24) is 10.2 Å². The lowest BCUT2D eigenvalue weighted by atomic mass is 10.0. The smallest absolute Gasteiger partial charge is 0.143 e. The van der Waals surface area contributed by atoms with Crippen LogP contribution in [0.3, 0.4) is 0 Å². The van der Waals surface area contributed by atoms with E-state index in [4.69, 9.17) is 5.73 Å². The maximum atomic E-state index is 5.73. The summed E-state index contributed by atoms with van der Waals surface area (Å²) in [7, 11) is 0. The van der Waals surface area contributed by atoms with Gasteiger partial charge in [-0.05, 0) is 17.5 Å². The van der Waals surface area contributed by atoms with Gasteiger partial charge in [0.15, 0.2) is 0 Å². The molecule has 0 fully saturated rings. The Bertz CT molecular complexity index is 473. The molecule has 1 aromatic heterocycles. The van der Waals surface area contributed by atoms with E-state index in [1.54, 1.807) is 6.20 Å². The molecular formula is C12H16N4. The van der Waals surface area contributed by atoms with E-state index in [1.807, 2.05) is 18.2 Å². The van der Waals surface area contributed by atoms with Gasteiger partial charge in [0.1, 0.15) is 11.5 Å². The number of H-pyrrole nitrogens is 1. The SMILES string of the molecule is CC(C)c1ccccc1Nc1cn[nH]c1N. The van der Waals surface area contributed by atoms with Crippen LogP contribution in [-0.2, 0) is 0 Å². The van der Waals surface area contributed by atoms with Crippen LogP contribution in [-0.4, -0.2) is 10.2 Å². The van der Waals surface area contributed by atoms with Crippen LogP contribution in [0.25, 0.3) is 0 Å². The molecule has 0 radical (unpaired) electrons. The van der Waals surface area contributed by atoms with Gasteiger partial charge in [0.2, 0.25) is 0 Å². The second-order valence-corrected chi connectivity index (χ2v) is 4.06. The Labute approximate surface area is 94.9 Å². The van der Waals surface area contributed by atoms with Gasteiger partial charge in [0.05, 0.1) is 6.20 Å². The standard InChI is InChI=1S/C12H16N4/c1-8(2)9-5-3-4-6-10(9)15-11-7-14-16-12(11)13/h3-8,15H,1-2H3,(H3,13,14,16). The molecule has 16 heavy (non-hydrogen) atoms. The average Bonchev–Trinajstić information content (AvgIpc) is 2.65. The van der Waals surface area contributed by atoms with Gasteiger partial charge in [-0.1, -0.05) is 32.0 Å². The molecule has 84 valence electrons. The summed E-state index contributed by atoms with van der Waals surface area (Å²) >= 11 is 0. The quantitative estimate of drug-likeness (QED) is 0.739. The highest BCUT2D eigenvalue weighted by Gasteiger charge is 2.07. The summed E-state index contributed by atoms with van der Waals surface area (Å²) in [6.45, 7) is 4.33. The van der Waals surface area contributed by atoms with Gasteiger partial charge in [0.25, 0.3) is 0 Å². The molecule has 0 saturated carbocycles. The molecule has 0 unspecified atom stereocenters. The number of nitrogens with one attached hydrogen (secondary N) is 2. The zero-order valence-electron chi connectivity index (χ0n) is 9.49. The Balaban J connectivity index is 2.31. The Morgan fingerprint density at radius 1 is 1.25 bits per heavy atom. The number of anilines is 3. The van der Waals surface area contributed by atoms with Crippen LogP contribution in [0.1, 0.15) is 25.3 Å². The van der Waals surface area contributed by atoms with Crippen molar-refractivity contribution in [3.05, 3.63) is 36.0 Å². The predicted molar refractivity (Wildman–Crippen MR) is 66.8 cm³/mol. The highest BCUT2D eigenvalue weighted by molar-refractivity contribution is 5.70. The summed E-state index contributed by atoms with van der Waals surface area (Å²) < 4.78 is 0. The van der Waals surface area contributed by atoms with E-state index >= 15 is 0 Å². The number of hydrogen-bond acceptors (Lipinski definition) is 3. The van der Waals surface area contributed by atoms with Crippen LogP contribution in [0.4, 0.5) is 17.2 Å². The maximum Gasteiger partial charge on any atom is 0.143 e. The zero-order chi connectivity index (χ0) is 11.5. The van der Waals surface area contributed by atoms with E-state index in [0.717, 1.165) is 11.4 Å². The largest absolute Gasteiger partial charge is 0.382 e. The molecule has 0 bridgehead atoms. The Morgan fingerprint density at radius 3 is 2.62 bits per heavy atom. The topological polar surface area (TPSA) is 66.7 Å². The van der Waals surface area contributed by atoms with Gasteiger partial charge in [-0.25, -0.2) is 0 Å². The van der Waals surface area contributed by atoms with Crippen LogP contribution in [0.5, 0.6) is 0 Å². The number of para-hydroxylation sites is 1. The highest BCUT2D eigenvalue weighted by Crippen LogP contribution is 2.28. The van der Waals surface area contributed by atoms with Gasteiger partial charge >= 0.3 is 0 Å². The van der Waals surface area contributed by atoms with E-state index < -0.39 is 0 Å². The third-order valence-corrected chi connectivity index (χ3v) is 2.52. The van der Waals surface area contributed by atoms with Crippen molar-refractivity contribution in [2.45, 2.75) is 19.8 Å². The van der Waals surface area contributed by atoms with Crippen molar-refractivity contribution < 1.29 is 0 Å². The van der Waals surface area contributed by atoms with Crippen LogP contribution in [0, 0.1) is 0 Å². The molecule has 4 nitrogen and oxygen atoms in total. The highest BCUT2D eigenvalue weighted by atomic mass is 15.2. The Morgan fingerprint density at radius 2 is 2.00 bits per heavy atom. The van der Waals surface area contributed by atoms with E-state index in [2.05, 4.69) is 35.4 Å². The molecule has 0 aliphatic carbocycles. The van der Waals surface area contributed by atoms with Crippen LogP contribution in [0.2, 0.25) is 0 Å². The summed E-state index contributed by atoms with van der Waals surface area (Å²) in [5.74, 6) is 1.02. The number of benzene rings is 1. The fourth-order valence-electron chi connectivity index (χ4n) is 1.66. The summed E-state index contributed by atoms with van der Waals surface area (Å²) in [4.78, 5) is 0. The molecule has 0 aliphatic heterocycles. The van der Waals surface area contributed by atoms with Gasteiger partial charge in [-0.2, -0.15) is 5.10 Å². The number of aromatic amines is 1. The molecule has 0 spiro atoms. The Hall–Kier alpha value is -1.97. The van der Waals surface area contributed by atoms with Crippen molar-refractivity contribution in [3.8, 4) is 0 Å². The van der Waals surface area contributed by atoms with E-state index in [1.165, 1.54) is 5.56 Å². The third-order valence-electron chi connectivity index (χ3n) is 2.52. The van der Waals surface area contributed by atoms with E-state index in [-0.39, 0.29) is 0 Å². The van der Waals surface area contributed by atoms with Gasteiger partial charge < -0.3 is 11.1 Å². The summed E-state index contributed by atoms with van der Waals surface area (Å²) in [6.07, 6.45) is 1.69. The second kappa shape index (κ2) is 4.26. The van der Waals surface area contributed by atoms with Crippen molar-refractivity contribution in [1.29, 1.82) is 0 Å². The molecule has 4 N–H and O–H groups in total. The molecule has 1 heterocycles. The molecule has 1 aromatic carbocycles. The number of aromatic nitrogens is 2. The van der Waals surface area contributed by atoms with Crippen LogP contribution < -0.4 is 11.1 Å². The van der Waals surface area contributed by atoms with Crippen molar-refractivity contribution in [2.75, 3.05) is 11.1 Å². The van der Waals surface area contributed by atoms with Crippen molar-refractivity contribution in [2.24, 2.45) is 0 Å². The zero-order valence-corrected chi connectivity index (χ0v) is 9.49. The van der Waals surface area contributed by atoms with Crippen LogP contribution >= 0.6 is 0 Å². The summed E-state index contributed by atoms with van der Waals surface area (Å²) in [6, 6.07) is 8.20. The minimum atomic E-state index is 0.469. The van der Waals surface area contributed by atoms with Crippen molar-refractivity contribution in [3.63, 3.8) is 0 Å². The lowest BCUT2D eigenvalue weighted by Crippen LogP contribution is -1.99. The molecule has 0 amide bonds. The fraction of sp³-hybridized carbons (Fsp3) is 0.250. The lowest BCUT2D eigenvalue weighted by molar-refractivity contribution is 0.869. The maximum absolute atomic E-state index is 5.73. The van der Waals surface area contributed by atoms with Gasteiger partial charge in [-0.3, -0.25) is 5.10 Å². The number of rotatable bonds is 3. The van der Waals surface area contributed by atoms with Gasteiger partial charge in [0, 0.05) is 5.69 Å². The molecule has 0 aliphatic rings. The number of nitrogen functional groups attached to an aromatic ring is 1. The van der Waals surface area contributed by atoms with Gasteiger partial charge in [-0.15, -0.1) is 0 Å². The van der Waals surface area contributed by atoms with E-state index in [9.17, 15) is 0 Å². The Kier molecular flexibility index (Phi) is 2.81. The molecule has 0 saturated heterocycles. The molecule has 2 rings (SSSR count). The molecule has 4 heteroatoms. The average molecular weight is 216 g/mol. The first-order valence-corrected chi connectivity index (χ1v) is 5.33. The van der Waals surface area contributed by atoms with E-state index in [0.29, 0.717) is 11.7 Å². The first-order chi connectivity index (χ1) is 7.68. The lowest BCUT2D eigenvalue weighted by Gasteiger charge is -2.13. The minimum Gasteiger partial charge on any atom is -0.382 e. The molecule has 0 atom stereocenters. The van der Waals surface area contributed by atoms with Crippen molar-refractivity contribution >= 4 is 17.2 Å². The minimum absolute atomic E-state index is 0.469. The molecular weight excluding hydrogens is 200 g/mol. The number of hydrogen-bond donors (Lipinski definition) is 3. The van der Waals surface area contributed by atoms with Crippen LogP contribution in [0.15, 0.2) is 30.5 Å².